The van der Waals surface area contributed by atoms with Crippen molar-refractivity contribution in [2.75, 3.05) is 0 Å². The molecule has 0 radical (unpaired) electrons. The number of H-pyrrole nitrogens is 1. The van der Waals surface area contributed by atoms with E-state index in [0.29, 0.717) is 0 Å². The Hall–Kier alpha value is -2.38. The Kier molecular flexibility index (Phi) is 2.11. The molecule has 8 nitrogen and oxygen atoms in total. The number of imidazole rings is 1. The molecule has 84 valence electrons. The summed E-state index contributed by atoms with van der Waals surface area (Å²) in [4.78, 5) is 39.0. The zero-order valence-corrected chi connectivity index (χ0v) is 8.26. The topological polar surface area (TPSA) is 113 Å². The molecule has 16 heavy (non-hydrogen) atoms. The van der Waals surface area contributed by atoms with Crippen LogP contribution in [0.15, 0.2) is 15.9 Å². The molecule has 8 heteroatoms. The van der Waals surface area contributed by atoms with Crippen LogP contribution in [0.1, 0.15) is 0 Å². The molecule has 0 aliphatic heterocycles. The van der Waals surface area contributed by atoms with Gasteiger partial charge < -0.3 is 14.5 Å². The summed E-state index contributed by atoms with van der Waals surface area (Å²) in [5.41, 5.74) is -1.10. The van der Waals surface area contributed by atoms with Crippen molar-refractivity contribution in [1.82, 2.24) is 19.1 Å². The second-order valence-electron chi connectivity index (χ2n) is 3.23. The lowest BCUT2D eigenvalue weighted by molar-refractivity contribution is -0.306. The van der Waals surface area contributed by atoms with Crippen LogP contribution in [-0.4, -0.2) is 25.1 Å². The van der Waals surface area contributed by atoms with E-state index in [9.17, 15) is 19.5 Å². The predicted molar refractivity (Wildman–Crippen MR) is 50.6 cm³/mol. The summed E-state index contributed by atoms with van der Waals surface area (Å²) in [5.74, 6) is -1.34. The first-order valence-corrected chi connectivity index (χ1v) is 4.34. The first kappa shape index (κ1) is 10.1. The third-order valence-electron chi connectivity index (χ3n) is 2.18. The van der Waals surface area contributed by atoms with E-state index in [1.54, 1.807) is 0 Å². The van der Waals surface area contributed by atoms with Crippen LogP contribution in [0.3, 0.4) is 0 Å². The van der Waals surface area contributed by atoms with Gasteiger partial charge in [0.15, 0.2) is 11.2 Å². The minimum atomic E-state index is -1.34. The zero-order chi connectivity index (χ0) is 11.9. The van der Waals surface area contributed by atoms with Crippen LogP contribution in [0.5, 0.6) is 0 Å². The molecular formula is C8H7N4O4-. The van der Waals surface area contributed by atoms with Gasteiger partial charge in [-0.1, -0.05) is 0 Å². The zero-order valence-electron chi connectivity index (χ0n) is 8.26. The number of carbonyl (C=O) groups is 1. The molecule has 0 amide bonds. The minimum absolute atomic E-state index is 0.0336. The summed E-state index contributed by atoms with van der Waals surface area (Å²) in [5, 5.41) is 10.4. The molecule has 2 heterocycles. The average molecular weight is 223 g/mol. The summed E-state index contributed by atoms with van der Waals surface area (Å²) < 4.78 is 2.24. The van der Waals surface area contributed by atoms with Gasteiger partial charge in [-0.3, -0.25) is 14.3 Å². The number of hydrogen-bond acceptors (Lipinski definition) is 5. The van der Waals surface area contributed by atoms with Gasteiger partial charge in [-0.15, -0.1) is 0 Å². The summed E-state index contributed by atoms with van der Waals surface area (Å²) >= 11 is 0. The molecule has 1 N–H and O–H groups in total. The third-order valence-corrected chi connectivity index (χ3v) is 2.18. The van der Waals surface area contributed by atoms with Crippen molar-refractivity contribution in [1.29, 1.82) is 0 Å². The summed E-state index contributed by atoms with van der Waals surface area (Å²) in [6.45, 7) is -0.488. The number of carbonyl (C=O) groups excluding carboxylic acids is 1. The van der Waals surface area contributed by atoms with Gasteiger partial charge in [-0.2, -0.15) is 0 Å². The van der Waals surface area contributed by atoms with Crippen molar-refractivity contribution in [2.45, 2.75) is 6.54 Å². The highest BCUT2D eigenvalue weighted by Crippen LogP contribution is 2.03. The van der Waals surface area contributed by atoms with E-state index >= 15 is 0 Å². The smallest absolute Gasteiger partial charge is 0.329 e. The van der Waals surface area contributed by atoms with Gasteiger partial charge in [0, 0.05) is 7.05 Å². The molecule has 0 unspecified atom stereocenters. The molecule has 0 aromatic carbocycles. The van der Waals surface area contributed by atoms with E-state index < -0.39 is 23.8 Å². The van der Waals surface area contributed by atoms with E-state index in [1.165, 1.54) is 13.4 Å². The second kappa shape index (κ2) is 3.33. The largest absolute Gasteiger partial charge is 0.548 e. The van der Waals surface area contributed by atoms with Crippen LogP contribution >= 0.6 is 0 Å². The Labute approximate surface area is 87.8 Å². The average Bonchev–Trinajstić information content (AvgIpc) is 2.58. The lowest BCUT2D eigenvalue weighted by Gasteiger charge is -2.04. The maximum atomic E-state index is 11.5. The molecule has 0 atom stereocenters. The number of aromatic amines is 1. The maximum Gasteiger partial charge on any atom is 0.329 e. The SMILES string of the molecule is Cn1c(=O)[nH]c(=O)c2c1ncn2CC(=O)[O-]. The monoisotopic (exact) mass is 223 g/mol. The minimum Gasteiger partial charge on any atom is -0.548 e. The number of rotatable bonds is 2. The second-order valence-corrected chi connectivity index (χ2v) is 3.23. The number of nitrogens with one attached hydrogen (secondary N) is 1. The normalized spacial score (nSPS) is 10.8. The Morgan fingerprint density at radius 1 is 1.56 bits per heavy atom. The van der Waals surface area contributed by atoms with Gasteiger partial charge in [0.25, 0.3) is 5.56 Å². The molecule has 0 fully saturated rings. The fraction of sp³-hybridized carbons (Fsp3) is 0.250. The molecule has 0 aliphatic carbocycles. The summed E-state index contributed by atoms with van der Waals surface area (Å²) in [6, 6.07) is 0. The molecule has 2 aromatic heterocycles. The Morgan fingerprint density at radius 2 is 2.25 bits per heavy atom. The Bertz CT molecular complexity index is 677. The summed E-state index contributed by atoms with van der Waals surface area (Å²) in [6.07, 6.45) is 1.18. The molecule has 0 bridgehead atoms. The van der Waals surface area contributed by atoms with E-state index in [0.717, 1.165) is 9.13 Å². The van der Waals surface area contributed by atoms with Crippen LogP contribution < -0.4 is 16.4 Å². The predicted octanol–water partition coefficient (Wildman–Crippen LogP) is -2.83. The van der Waals surface area contributed by atoms with Crippen molar-refractivity contribution < 1.29 is 9.90 Å². The Morgan fingerprint density at radius 3 is 2.88 bits per heavy atom. The maximum absolute atomic E-state index is 11.5. The molecule has 0 saturated carbocycles. The molecule has 0 spiro atoms. The van der Waals surface area contributed by atoms with Crippen LogP contribution in [0, 0.1) is 0 Å². The van der Waals surface area contributed by atoms with E-state index in [4.69, 9.17) is 0 Å². The molecular weight excluding hydrogens is 216 g/mol. The van der Waals surface area contributed by atoms with Crippen molar-refractivity contribution in [3.63, 3.8) is 0 Å². The van der Waals surface area contributed by atoms with Crippen LogP contribution in [0.4, 0.5) is 0 Å². The van der Waals surface area contributed by atoms with Gasteiger partial charge in [0.1, 0.15) is 0 Å². The molecule has 0 aliphatic rings. The highest BCUT2D eigenvalue weighted by atomic mass is 16.4. The highest BCUT2D eigenvalue weighted by Gasteiger charge is 2.10. The Balaban J connectivity index is 2.83. The number of carboxylic acids is 1. The fourth-order valence-corrected chi connectivity index (χ4v) is 1.44. The number of aryl methyl sites for hydroxylation is 1. The van der Waals surface area contributed by atoms with Crippen molar-refractivity contribution in [2.24, 2.45) is 7.05 Å². The first-order valence-electron chi connectivity index (χ1n) is 4.34. The van der Waals surface area contributed by atoms with E-state index in [2.05, 4.69) is 9.97 Å². The lowest BCUT2D eigenvalue weighted by Crippen LogP contribution is -2.31. The number of carboxylic acid groups (broad SMARTS) is 1. The number of fused-ring (bicyclic) bond motifs is 1. The molecule has 2 aromatic rings. The van der Waals surface area contributed by atoms with E-state index in [-0.39, 0.29) is 11.2 Å². The van der Waals surface area contributed by atoms with E-state index in [1.807, 2.05) is 0 Å². The summed E-state index contributed by atoms with van der Waals surface area (Å²) in [7, 11) is 1.43. The van der Waals surface area contributed by atoms with Gasteiger partial charge in [0.05, 0.1) is 18.8 Å². The lowest BCUT2D eigenvalue weighted by atomic mass is 10.5. The highest BCUT2D eigenvalue weighted by molar-refractivity contribution is 5.73. The van der Waals surface area contributed by atoms with Crippen molar-refractivity contribution >= 4 is 17.1 Å². The number of hydrogen-bond donors (Lipinski definition) is 1. The van der Waals surface area contributed by atoms with Gasteiger partial charge in [-0.25, -0.2) is 9.78 Å². The van der Waals surface area contributed by atoms with Crippen LogP contribution in [0.25, 0.3) is 11.2 Å². The number of aromatic nitrogens is 4. The fourth-order valence-electron chi connectivity index (χ4n) is 1.44. The molecule has 0 saturated heterocycles. The molecule has 2 rings (SSSR count). The number of nitrogens with zero attached hydrogens (tertiary/aromatic N) is 3. The standard InChI is InChI=1S/C8H8N4O4/c1-11-6-5(7(15)10-8(11)16)12(3-9-6)2-4(13)14/h3H,2H2,1H3,(H,13,14)(H,10,15,16)/p-1. The van der Waals surface area contributed by atoms with Crippen molar-refractivity contribution in [3.8, 4) is 0 Å². The third kappa shape index (κ3) is 1.40. The van der Waals surface area contributed by atoms with Crippen LogP contribution in [0.2, 0.25) is 0 Å². The van der Waals surface area contributed by atoms with Gasteiger partial charge in [-0.05, 0) is 0 Å². The van der Waals surface area contributed by atoms with Crippen LogP contribution in [-0.2, 0) is 18.4 Å². The first-order chi connectivity index (χ1) is 7.50. The quantitative estimate of drug-likeness (QED) is 0.589. The van der Waals surface area contributed by atoms with Crippen molar-refractivity contribution in [3.05, 3.63) is 27.2 Å². The van der Waals surface area contributed by atoms with Gasteiger partial charge in [0.2, 0.25) is 0 Å². The van der Waals surface area contributed by atoms with Gasteiger partial charge >= 0.3 is 5.69 Å². The number of aliphatic carboxylic acids is 1.